The second kappa shape index (κ2) is 6.41. The Bertz CT molecular complexity index is 1020. The summed E-state index contributed by atoms with van der Waals surface area (Å²) in [6.07, 6.45) is 0. The minimum absolute atomic E-state index is 0.337. The summed E-state index contributed by atoms with van der Waals surface area (Å²) in [5, 5.41) is 15.3. The number of amides is 1. The maximum atomic E-state index is 12.8. The van der Waals surface area contributed by atoms with Crippen LogP contribution in [0.15, 0.2) is 30.3 Å². The summed E-state index contributed by atoms with van der Waals surface area (Å²) in [6.45, 7) is 4.87. The van der Waals surface area contributed by atoms with E-state index in [-0.39, 0.29) is 5.91 Å². The summed E-state index contributed by atoms with van der Waals surface area (Å²) in [5.74, 6) is -1.40. The van der Waals surface area contributed by atoms with E-state index in [4.69, 9.17) is 11.6 Å². The monoisotopic (exact) mass is 391 g/mol. The molecule has 1 aromatic carbocycles. The highest BCUT2D eigenvalue weighted by atomic mass is 35.5. The fraction of sp³-hybridized carbons (Fsp3) is 0.278. The Morgan fingerprint density at radius 2 is 2.00 bits per heavy atom. The molecule has 8 heteroatoms. The Morgan fingerprint density at radius 3 is 2.62 bits per heavy atom. The number of thiophene rings is 1. The largest absolute Gasteiger partial charge is 0.480 e. The van der Waals surface area contributed by atoms with Crippen LogP contribution in [0.25, 0.3) is 15.9 Å². The smallest absolute Gasteiger partial charge is 0.329 e. The van der Waals surface area contributed by atoms with Crippen LogP contribution in [0.2, 0.25) is 5.02 Å². The predicted molar refractivity (Wildman–Crippen MR) is 103 cm³/mol. The van der Waals surface area contributed by atoms with Crippen molar-refractivity contribution in [2.75, 3.05) is 7.05 Å². The topological polar surface area (TPSA) is 75.4 Å². The molecule has 0 saturated heterocycles. The quantitative estimate of drug-likeness (QED) is 0.729. The van der Waals surface area contributed by atoms with Crippen molar-refractivity contribution in [2.24, 2.45) is 0 Å². The number of carbonyl (C=O) groups excluding carboxylic acids is 1. The Labute approximate surface area is 159 Å². The molecule has 0 bridgehead atoms. The molecule has 136 valence electrons. The molecule has 0 spiro atoms. The Hall–Kier alpha value is -2.38. The number of aryl methyl sites for hydroxylation is 1. The number of carboxylic acids is 1. The third kappa shape index (κ3) is 2.97. The van der Waals surface area contributed by atoms with Crippen LogP contribution in [0.3, 0.4) is 0 Å². The van der Waals surface area contributed by atoms with E-state index in [0.29, 0.717) is 9.90 Å². The molecule has 0 unspecified atom stereocenters. The maximum Gasteiger partial charge on any atom is 0.329 e. The summed E-state index contributed by atoms with van der Waals surface area (Å²) in [7, 11) is 1.50. The van der Waals surface area contributed by atoms with Crippen molar-refractivity contribution in [3.8, 4) is 5.69 Å². The molecule has 1 amide bonds. The van der Waals surface area contributed by atoms with Crippen molar-refractivity contribution in [3.05, 3.63) is 45.9 Å². The van der Waals surface area contributed by atoms with Crippen molar-refractivity contribution in [1.82, 2.24) is 14.7 Å². The summed E-state index contributed by atoms with van der Waals surface area (Å²) < 4.78 is 1.75. The average molecular weight is 392 g/mol. The van der Waals surface area contributed by atoms with E-state index in [1.54, 1.807) is 22.9 Å². The number of likely N-dealkylation sites (N-methyl/N-ethyl adjacent to an activating group) is 1. The van der Waals surface area contributed by atoms with Gasteiger partial charge in [-0.1, -0.05) is 17.7 Å². The summed E-state index contributed by atoms with van der Waals surface area (Å²) >= 11 is 7.36. The highest BCUT2D eigenvalue weighted by Gasteiger charge is 2.36. The molecule has 0 radical (unpaired) electrons. The van der Waals surface area contributed by atoms with E-state index in [0.717, 1.165) is 21.6 Å². The molecule has 1 N–H and O–H groups in total. The minimum Gasteiger partial charge on any atom is -0.480 e. The molecule has 0 fully saturated rings. The molecule has 6 nitrogen and oxygen atoms in total. The lowest BCUT2D eigenvalue weighted by Crippen LogP contribution is -2.50. The SMILES string of the molecule is Cc1nn(-c2cccc(Cl)c2)c2sc(C(=O)N(C)C(C)(C)C(=O)O)cc12. The third-order valence-corrected chi connectivity index (χ3v) is 5.81. The molecule has 26 heavy (non-hydrogen) atoms. The van der Waals surface area contributed by atoms with E-state index in [1.807, 2.05) is 19.1 Å². The first-order valence-corrected chi connectivity index (χ1v) is 9.09. The first-order valence-electron chi connectivity index (χ1n) is 7.89. The minimum atomic E-state index is -1.30. The number of rotatable bonds is 4. The van der Waals surface area contributed by atoms with Crippen LogP contribution in [0.4, 0.5) is 0 Å². The van der Waals surface area contributed by atoms with Gasteiger partial charge in [-0.2, -0.15) is 5.10 Å². The molecule has 0 atom stereocenters. The van der Waals surface area contributed by atoms with Crippen molar-refractivity contribution in [1.29, 1.82) is 0 Å². The van der Waals surface area contributed by atoms with Gasteiger partial charge in [-0.3, -0.25) is 4.79 Å². The second-order valence-electron chi connectivity index (χ2n) is 6.53. The lowest BCUT2D eigenvalue weighted by molar-refractivity contribution is -0.147. The molecule has 3 aromatic rings. The number of hydrogen-bond acceptors (Lipinski definition) is 4. The van der Waals surface area contributed by atoms with Gasteiger partial charge in [0.2, 0.25) is 0 Å². The molecule has 0 aliphatic carbocycles. The molecule has 0 saturated carbocycles. The fourth-order valence-corrected chi connectivity index (χ4v) is 3.84. The molecule has 2 aromatic heterocycles. The molecule has 0 aliphatic rings. The van der Waals surface area contributed by atoms with Gasteiger partial charge in [-0.25, -0.2) is 9.48 Å². The average Bonchev–Trinajstić information content (AvgIpc) is 3.14. The van der Waals surface area contributed by atoms with Gasteiger partial charge in [0.1, 0.15) is 10.4 Å². The van der Waals surface area contributed by atoms with Gasteiger partial charge >= 0.3 is 5.97 Å². The number of benzene rings is 1. The molecular formula is C18H18ClN3O3S. The lowest BCUT2D eigenvalue weighted by atomic mass is 10.0. The van der Waals surface area contributed by atoms with Gasteiger partial charge in [0.25, 0.3) is 5.91 Å². The molecule has 3 rings (SSSR count). The highest BCUT2D eigenvalue weighted by molar-refractivity contribution is 7.20. The number of aliphatic carboxylic acids is 1. The van der Waals surface area contributed by atoms with Gasteiger partial charge in [0, 0.05) is 17.5 Å². The zero-order valence-electron chi connectivity index (χ0n) is 14.8. The van der Waals surface area contributed by atoms with Gasteiger partial charge in [0.05, 0.1) is 16.3 Å². The first-order chi connectivity index (χ1) is 12.1. The van der Waals surface area contributed by atoms with E-state index in [1.165, 1.54) is 37.1 Å². The standard InChI is InChI=1S/C18H18ClN3O3S/c1-10-13-9-14(15(23)21(4)18(2,3)17(24)25)26-16(13)22(20-10)12-7-5-6-11(19)8-12/h5-9H,1-4H3,(H,24,25). The number of nitrogens with zero attached hydrogens (tertiary/aromatic N) is 3. The molecular weight excluding hydrogens is 374 g/mol. The predicted octanol–water partition coefficient (Wildman–Crippen LogP) is 3.98. The summed E-state index contributed by atoms with van der Waals surface area (Å²) in [6, 6.07) is 9.07. The van der Waals surface area contributed by atoms with Gasteiger partial charge < -0.3 is 10.0 Å². The number of carbonyl (C=O) groups is 2. The normalized spacial score (nSPS) is 11.7. The lowest BCUT2D eigenvalue weighted by Gasteiger charge is -2.31. The van der Waals surface area contributed by atoms with Crippen molar-refractivity contribution < 1.29 is 14.7 Å². The van der Waals surface area contributed by atoms with Crippen LogP contribution >= 0.6 is 22.9 Å². The zero-order valence-corrected chi connectivity index (χ0v) is 16.4. The number of halogens is 1. The molecule has 0 aliphatic heterocycles. The fourth-order valence-electron chi connectivity index (χ4n) is 2.50. The summed E-state index contributed by atoms with van der Waals surface area (Å²) in [5.41, 5.74) is 0.285. The highest BCUT2D eigenvalue weighted by Crippen LogP contribution is 2.32. The number of carboxylic acid groups (broad SMARTS) is 1. The van der Waals surface area contributed by atoms with Crippen molar-refractivity contribution >= 4 is 45.0 Å². The van der Waals surface area contributed by atoms with Crippen molar-refractivity contribution in [3.63, 3.8) is 0 Å². The number of hydrogen-bond donors (Lipinski definition) is 1. The van der Waals surface area contributed by atoms with E-state index >= 15 is 0 Å². The van der Waals surface area contributed by atoms with Crippen LogP contribution in [0.1, 0.15) is 29.2 Å². The van der Waals surface area contributed by atoms with Gasteiger partial charge in [-0.15, -0.1) is 11.3 Å². The van der Waals surface area contributed by atoms with Crippen LogP contribution in [-0.4, -0.2) is 44.3 Å². The number of fused-ring (bicyclic) bond motifs is 1. The molecule has 2 heterocycles. The van der Waals surface area contributed by atoms with Crippen LogP contribution in [0, 0.1) is 6.92 Å². The third-order valence-electron chi connectivity index (χ3n) is 4.47. The summed E-state index contributed by atoms with van der Waals surface area (Å²) in [4.78, 5) is 26.8. The Kier molecular flexibility index (Phi) is 4.54. The maximum absolute atomic E-state index is 12.8. The van der Waals surface area contributed by atoms with Gasteiger partial charge in [-0.05, 0) is 45.0 Å². The van der Waals surface area contributed by atoms with Crippen LogP contribution in [0.5, 0.6) is 0 Å². The van der Waals surface area contributed by atoms with Crippen LogP contribution < -0.4 is 0 Å². The van der Waals surface area contributed by atoms with Crippen molar-refractivity contribution in [2.45, 2.75) is 26.3 Å². The van der Waals surface area contributed by atoms with E-state index < -0.39 is 11.5 Å². The second-order valence-corrected chi connectivity index (χ2v) is 8.00. The van der Waals surface area contributed by atoms with E-state index in [9.17, 15) is 14.7 Å². The Morgan fingerprint density at radius 1 is 1.31 bits per heavy atom. The Balaban J connectivity index is 2.07. The zero-order chi connectivity index (χ0) is 19.2. The number of aromatic nitrogens is 2. The first kappa shape index (κ1) is 18.4. The van der Waals surface area contributed by atoms with Gasteiger partial charge in [0.15, 0.2) is 0 Å². The van der Waals surface area contributed by atoms with Crippen LogP contribution in [-0.2, 0) is 4.79 Å². The van der Waals surface area contributed by atoms with E-state index in [2.05, 4.69) is 5.10 Å².